The highest BCUT2D eigenvalue weighted by Gasteiger charge is 2.31. The summed E-state index contributed by atoms with van der Waals surface area (Å²) < 4.78 is 46.1. The number of ether oxygens (including phenoxy) is 2. The van der Waals surface area contributed by atoms with Crippen molar-refractivity contribution >= 4 is 5.91 Å². The molecule has 1 unspecified atom stereocenters. The number of halogens is 3. The number of carbonyl (C=O) groups excluding carboxylic acids is 1. The van der Waals surface area contributed by atoms with Crippen molar-refractivity contribution in [2.45, 2.75) is 38.6 Å². The largest absolute Gasteiger partial charge is 0.573 e. The SMILES string of the molecule is CCCc1c(O)cccc1OCC(C)(C#N)NC(=O)c1ccc(OC(F)(F)F)cc1. The molecule has 0 bridgehead atoms. The van der Waals surface area contributed by atoms with Gasteiger partial charge in [-0.25, -0.2) is 0 Å². The number of phenols is 1. The van der Waals surface area contributed by atoms with Crippen LogP contribution in [0.15, 0.2) is 42.5 Å². The third-order valence-electron chi connectivity index (χ3n) is 4.11. The molecule has 2 N–H and O–H groups in total. The van der Waals surface area contributed by atoms with Gasteiger partial charge in [0.25, 0.3) is 5.91 Å². The average Bonchev–Trinajstić information content (AvgIpc) is 2.68. The van der Waals surface area contributed by atoms with Crippen LogP contribution in [0.1, 0.15) is 36.2 Å². The van der Waals surface area contributed by atoms with E-state index in [-0.39, 0.29) is 17.9 Å². The van der Waals surface area contributed by atoms with Crippen LogP contribution in [0.4, 0.5) is 13.2 Å². The topological polar surface area (TPSA) is 91.6 Å². The van der Waals surface area contributed by atoms with Gasteiger partial charge < -0.3 is 19.9 Å². The number of nitrogens with one attached hydrogen (secondary N) is 1. The van der Waals surface area contributed by atoms with E-state index < -0.39 is 23.6 Å². The smallest absolute Gasteiger partial charge is 0.508 e. The van der Waals surface area contributed by atoms with Crippen LogP contribution in [0.2, 0.25) is 0 Å². The van der Waals surface area contributed by atoms with Crippen molar-refractivity contribution in [3.8, 4) is 23.3 Å². The number of rotatable bonds is 8. The third kappa shape index (κ3) is 6.30. The lowest BCUT2D eigenvalue weighted by atomic mass is 10.0. The Bertz CT molecular complexity index is 923. The molecule has 1 atom stereocenters. The van der Waals surface area contributed by atoms with Crippen LogP contribution in [-0.2, 0) is 6.42 Å². The molecule has 0 aliphatic carbocycles. The Kier molecular flexibility index (Phi) is 7.16. The summed E-state index contributed by atoms with van der Waals surface area (Å²) in [7, 11) is 0. The minimum absolute atomic E-state index is 0.0510. The Morgan fingerprint density at radius 2 is 1.87 bits per heavy atom. The molecule has 0 radical (unpaired) electrons. The fraction of sp³-hybridized carbons (Fsp3) is 0.333. The highest BCUT2D eigenvalue weighted by molar-refractivity contribution is 5.95. The molecule has 0 heterocycles. The summed E-state index contributed by atoms with van der Waals surface area (Å²) in [6.45, 7) is 3.19. The fourth-order valence-corrected chi connectivity index (χ4v) is 2.64. The van der Waals surface area contributed by atoms with Gasteiger partial charge >= 0.3 is 6.36 Å². The number of alkyl halides is 3. The molecule has 0 saturated heterocycles. The van der Waals surface area contributed by atoms with Crippen LogP contribution in [0.5, 0.6) is 17.2 Å². The van der Waals surface area contributed by atoms with Gasteiger partial charge in [0.15, 0.2) is 5.54 Å². The van der Waals surface area contributed by atoms with Gasteiger partial charge in [0.2, 0.25) is 0 Å². The lowest BCUT2D eigenvalue weighted by molar-refractivity contribution is -0.274. The van der Waals surface area contributed by atoms with Crippen molar-refractivity contribution in [1.82, 2.24) is 5.32 Å². The minimum atomic E-state index is -4.83. The standard InChI is InChI=1S/C21H21F3N2O4/c1-3-5-16-17(27)6-4-7-18(16)29-13-20(2,12-25)26-19(28)14-8-10-15(11-9-14)30-21(22,23)24/h4,6-11,27H,3,5,13H2,1-2H3,(H,26,28). The van der Waals surface area contributed by atoms with E-state index >= 15 is 0 Å². The molecule has 0 saturated carbocycles. The van der Waals surface area contributed by atoms with Crippen LogP contribution in [0.3, 0.4) is 0 Å². The predicted octanol–water partition coefficient (Wildman–Crippen LogP) is 4.33. The van der Waals surface area contributed by atoms with Gasteiger partial charge in [-0.2, -0.15) is 5.26 Å². The van der Waals surface area contributed by atoms with Crippen LogP contribution in [0, 0.1) is 11.3 Å². The number of hydrogen-bond donors (Lipinski definition) is 2. The van der Waals surface area contributed by atoms with E-state index in [0.717, 1.165) is 30.7 Å². The molecule has 160 valence electrons. The normalized spacial score (nSPS) is 13.1. The first-order valence-electron chi connectivity index (χ1n) is 9.10. The number of amides is 1. The van der Waals surface area contributed by atoms with Crippen LogP contribution in [-0.4, -0.2) is 29.5 Å². The van der Waals surface area contributed by atoms with Gasteiger partial charge in [0.05, 0.1) is 6.07 Å². The maximum Gasteiger partial charge on any atom is 0.573 e. The zero-order valence-electron chi connectivity index (χ0n) is 16.4. The van der Waals surface area contributed by atoms with E-state index in [4.69, 9.17) is 4.74 Å². The van der Waals surface area contributed by atoms with Gasteiger partial charge in [-0.1, -0.05) is 19.4 Å². The summed E-state index contributed by atoms with van der Waals surface area (Å²) in [5.41, 5.74) is -0.769. The second kappa shape index (κ2) is 9.39. The van der Waals surface area contributed by atoms with E-state index in [1.54, 1.807) is 12.1 Å². The van der Waals surface area contributed by atoms with Crippen LogP contribution in [0.25, 0.3) is 0 Å². The summed E-state index contributed by atoms with van der Waals surface area (Å²) in [6, 6.07) is 11.1. The Morgan fingerprint density at radius 3 is 2.43 bits per heavy atom. The van der Waals surface area contributed by atoms with E-state index in [1.807, 2.05) is 13.0 Å². The second-order valence-corrected chi connectivity index (χ2v) is 6.76. The van der Waals surface area contributed by atoms with Crippen LogP contribution >= 0.6 is 0 Å². The summed E-state index contributed by atoms with van der Waals surface area (Å²) in [5, 5.41) is 22.0. The molecule has 0 aliphatic rings. The van der Waals surface area contributed by atoms with Gasteiger partial charge in [-0.3, -0.25) is 4.79 Å². The first-order valence-corrected chi connectivity index (χ1v) is 9.10. The van der Waals surface area contributed by atoms with Crippen molar-refractivity contribution in [2.75, 3.05) is 6.61 Å². The summed E-state index contributed by atoms with van der Waals surface area (Å²) >= 11 is 0. The van der Waals surface area contributed by atoms with E-state index in [0.29, 0.717) is 17.7 Å². The van der Waals surface area contributed by atoms with E-state index in [2.05, 4.69) is 10.1 Å². The molecular formula is C21H21F3N2O4. The number of nitrogens with zero attached hydrogens (tertiary/aromatic N) is 1. The summed E-state index contributed by atoms with van der Waals surface area (Å²) in [4.78, 5) is 12.4. The highest BCUT2D eigenvalue weighted by atomic mass is 19.4. The van der Waals surface area contributed by atoms with Crippen molar-refractivity contribution in [3.05, 3.63) is 53.6 Å². The molecule has 2 aromatic carbocycles. The number of phenolic OH excluding ortho intramolecular Hbond substituents is 1. The maximum atomic E-state index is 12.4. The Balaban J connectivity index is 2.08. The fourth-order valence-electron chi connectivity index (χ4n) is 2.64. The van der Waals surface area contributed by atoms with Crippen molar-refractivity contribution < 1.29 is 32.5 Å². The first-order chi connectivity index (χ1) is 14.1. The maximum absolute atomic E-state index is 12.4. The molecular weight excluding hydrogens is 401 g/mol. The molecule has 30 heavy (non-hydrogen) atoms. The molecule has 9 heteroatoms. The first kappa shape index (κ1) is 22.9. The third-order valence-corrected chi connectivity index (χ3v) is 4.11. The molecule has 0 aliphatic heterocycles. The molecule has 1 amide bonds. The highest BCUT2D eigenvalue weighted by Crippen LogP contribution is 2.29. The Hall–Kier alpha value is -3.41. The second-order valence-electron chi connectivity index (χ2n) is 6.76. The van der Waals surface area contributed by atoms with Crippen molar-refractivity contribution in [2.24, 2.45) is 0 Å². The summed E-state index contributed by atoms with van der Waals surface area (Å²) in [6.07, 6.45) is -3.48. The van der Waals surface area contributed by atoms with Gasteiger partial charge in [-0.15, -0.1) is 13.2 Å². The lowest BCUT2D eigenvalue weighted by Crippen LogP contribution is -2.49. The minimum Gasteiger partial charge on any atom is -0.508 e. The van der Waals surface area contributed by atoms with Gasteiger partial charge in [0.1, 0.15) is 23.9 Å². The number of carbonyl (C=O) groups is 1. The van der Waals surface area contributed by atoms with E-state index in [9.17, 15) is 28.3 Å². The zero-order valence-corrected chi connectivity index (χ0v) is 16.4. The van der Waals surface area contributed by atoms with Crippen molar-refractivity contribution in [3.63, 3.8) is 0 Å². The molecule has 2 aromatic rings. The molecule has 0 aromatic heterocycles. The number of hydrogen-bond acceptors (Lipinski definition) is 5. The van der Waals surface area contributed by atoms with Gasteiger partial charge in [0, 0.05) is 11.1 Å². The molecule has 0 fully saturated rings. The van der Waals surface area contributed by atoms with E-state index in [1.165, 1.54) is 13.0 Å². The van der Waals surface area contributed by atoms with Gasteiger partial charge in [-0.05, 0) is 49.7 Å². The quantitative estimate of drug-likeness (QED) is 0.661. The molecule has 6 nitrogen and oxygen atoms in total. The average molecular weight is 422 g/mol. The zero-order chi connectivity index (χ0) is 22.4. The summed E-state index contributed by atoms with van der Waals surface area (Å²) in [5.74, 6) is -0.636. The Morgan fingerprint density at radius 1 is 1.20 bits per heavy atom. The monoisotopic (exact) mass is 422 g/mol. The predicted molar refractivity (Wildman–Crippen MR) is 102 cm³/mol. The number of nitriles is 1. The van der Waals surface area contributed by atoms with Crippen LogP contribution < -0.4 is 14.8 Å². The van der Waals surface area contributed by atoms with Crippen molar-refractivity contribution in [1.29, 1.82) is 5.26 Å². The lowest BCUT2D eigenvalue weighted by Gasteiger charge is -2.24. The number of aromatic hydroxyl groups is 1. The molecule has 0 spiro atoms. The molecule has 2 rings (SSSR count). The number of benzene rings is 2. The Labute approximate surface area is 171 Å².